The average Bonchev–Trinajstić information content (AvgIpc) is 2.40. The summed E-state index contributed by atoms with van der Waals surface area (Å²) >= 11 is 5.85. The van der Waals surface area contributed by atoms with Crippen LogP contribution in [0.1, 0.15) is 32.8 Å². The first-order valence-corrected chi connectivity index (χ1v) is 7.47. The molecule has 0 aromatic heterocycles. The van der Waals surface area contributed by atoms with Crippen molar-refractivity contribution in [3.8, 4) is 0 Å². The van der Waals surface area contributed by atoms with Crippen LogP contribution in [0.4, 0.5) is 0 Å². The van der Waals surface area contributed by atoms with Gasteiger partial charge < -0.3 is 10.4 Å². The molecule has 1 amide bonds. The second-order valence-corrected chi connectivity index (χ2v) is 6.04. The molecular weight excluding hydrogens is 274 g/mol. The zero-order chi connectivity index (χ0) is 15.1. The maximum atomic E-state index is 12.2. The molecule has 3 nitrogen and oxygen atoms in total. The Morgan fingerprint density at radius 2 is 1.85 bits per heavy atom. The van der Waals surface area contributed by atoms with Gasteiger partial charge in [0.1, 0.15) is 0 Å². The number of carbonyl (C=O) groups is 1. The lowest BCUT2D eigenvalue weighted by molar-refractivity contribution is -0.125. The Kier molecular flexibility index (Phi) is 7.03. The third kappa shape index (κ3) is 5.51. The number of amides is 1. The molecule has 0 radical (unpaired) electrons. The van der Waals surface area contributed by atoms with Crippen LogP contribution in [0.3, 0.4) is 0 Å². The number of nitrogens with one attached hydrogen (secondary N) is 1. The standard InChI is InChI=1S/C16H24ClNO2/c1-11(2)15(8-9-19)18-16(20)12(3)10-13-4-6-14(17)7-5-13/h4-7,11-12,15,19H,8-10H2,1-3H3,(H,18,20). The number of halogens is 1. The van der Waals surface area contributed by atoms with Crippen LogP contribution >= 0.6 is 11.6 Å². The second-order valence-electron chi connectivity index (χ2n) is 5.60. The minimum Gasteiger partial charge on any atom is -0.396 e. The number of rotatable bonds is 7. The summed E-state index contributed by atoms with van der Waals surface area (Å²) < 4.78 is 0. The number of hydrogen-bond donors (Lipinski definition) is 2. The number of carbonyl (C=O) groups excluding carboxylic acids is 1. The van der Waals surface area contributed by atoms with Crippen molar-refractivity contribution in [2.45, 2.75) is 39.7 Å². The van der Waals surface area contributed by atoms with Gasteiger partial charge in [-0.1, -0.05) is 44.5 Å². The molecule has 1 aromatic carbocycles. The molecule has 0 aliphatic rings. The van der Waals surface area contributed by atoms with Crippen LogP contribution in [0.2, 0.25) is 5.02 Å². The van der Waals surface area contributed by atoms with Gasteiger partial charge in [-0.15, -0.1) is 0 Å². The van der Waals surface area contributed by atoms with E-state index in [1.165, 1.54) is 0 Å². The van der Waals surface area contributed by atoms with E-state index in [1.54, 1.807) is 0 Å². The molecule has 0 spiro atoms. The van der Waals surface area contributed by atoms with E-state index in [0.717, 1.165) is 5.56 Å². The van der Waals surface area contributed by atoms with Crippen molar-refractivity contribution >= 4 is 17.5 Å². The molecule has 0 aliphatic heterocycles. The minimum absolute atomic E-state index is 0.0279. The summed E-state index contributed by atoms with van der Waals surface area (Å²) in [6.07, 6.45) is 1.28. The average molecular weight is 298 g/mol. The minimum atomic E-state index is -0.101. The fourth-order valence-corrected chi connectivity index (χ4v) is 2.23. The van der Waals surface area contributed by atoms with Crippen LogP contribution < -0.4 is 5.32 Å². The maximum Gasteiger partial charge on any atom is 0.223 e. The number of aliphatic hydroxyl groups is 1. The largest absolute Gasteiger partial charge is 0.396 e. The van der Waals surface area contributed by atoms with E-state index in [9.17, 15) is 4.79 Å². The molecule has 2 unspecified atom stereocenters. The van der Waals surface area contributed by atoms with Gasteiger partial charge in [0, 0.05) is 23.6 Å². The molecule has 4 heteroatoms. The predicted molar refractivity (Wildman–Crippen MR) is 82.8 cm³/mol. The van der Waals surface area contributed by atoms with Gasteiger partial charge in [0.2, 0.25) is 5.91 Å². The number of aliphatic hydroxyl groups excluding tert-OH is 1. The van der Waals surface area contributed by atoms with Gasteiger partial charge in [-0.25, -0.2) is 0 Å². The Morgan fingerprint density at radius 3 is 2.35 bits per heavy atom. The van der Waals surface area contributed by atoms with Gasteiger partial charge in [0.05, 0.1) is 0 Å². The lowest BCUT2D eigenvalue weighted by Gasteiger charge is -2.23. The van der Waals surface area contributed by atoms with Crippen molar-refractivity contribution in [3.05, 3.63) is 34.9 Å². The van der Waals surface area contributed by atoms with Gasteiger partial charge in [0.25, 0.3) is 0 Å². The van der Waals surface area contributed by atoms with E-state index in [1.807, 2.05) is 45.0 Å². The molecule has 0 saturated heterocycles. The first-order valence-electron chi connectivity index (χ1n) is 7.09. The Balaban J connectivity index is 2.55. The molecule has 1 aromatic rings. The zero-order valence-electron chi connectivity index (χ0n) is 12.4. The van der Waals surface area contributed by atoms with Crippen molar-refractivity contribution in [2.75, 3.05) is 6.61 Å². The van der Waals surface area contributed by atoms with Crippen LogP contribution in [0.5, 0.6) is 0 Å². The fraction of sp³-hybridized carbons (Fsp3) is 0.562. The maximum absolute atomic E-state index is 12.2. The van der Waals surface area contributed by atoms with E-state index in [-0.39, 0.29) is 24.5 Å². The fourth-order valence-electron chi connectivity index (χ4n) is 2.10. The molecule has 1 rings (SSSR count). The SMILES string of the molecule is CC(Cc1ccc(Cl)cc1)C(=O)NC(CCO)C(C)C. The van der Waals surface area contributed by atoms with E-state index in [4.69, 9.17) is 16.7 Å². The van der Waals surface area contributed by atoms with Gasteiger partial charge in [-0.3, -0.25) is 4.79 Å². The first-order chi connectivity index (χ1) is 9.43. The highest BCUT2D eigenvalue weighted by atomic mass is 35.5. The highest BCUT2D eigenvalue weighted by Gasteiger charge is 2.19. The quantitative estimate of drug-likeness (QED) is 0.813. The lowest BCUT2D eigenvalue weighted by atomic mass is 9.97. The van der Waals surface area contributed by atoms with Gasteiger partial charge >= 0.3 is 0 Å². The van der Waals surface area contributed by atoms with Crippen molar-refractivity contribution < 1.29 is 9.90 Å². The Labute approximate surface area is 126 Å². The van der Waals surface area contributed by atoms with Crippen molar-refractivity contribution in [1.82, 2.24) is 5.32 Å². The molecule has 112 valence electrons. The molecule has 20 heavy (non-hydrogen) atoms. The number of hydrogen-bond acceptors (Lipinski definition) is 2. The monoisotopic (exact) mass is 297 g/mol. The molecule has 0 saturated carbocycles. The summed E-state index contributed by atoms with van der Waals surface area (Å²) in [5.41, 5.74) is 1.10. The van der Waals surface area contributed by atoms with Crippen LogP contribution in [0, 0.1) is 11.8 Å². The van der Waals surface area contributed by atoms with Gasteiger partial charge in [-0.05, 0) is 36.5 Å². The zero-order valence-corrected chi connectivity index (χ0v) is 13.2. The van der Waals surface area contributed by atoms with Crippen LogP contribution in [-0.2, 0) is 11.2 Å². The Bertz CT molecular complexity index is 417. The first kappa shape index (κ1) is 17.0. The molecule has 0 aliphatic carbocycles. The van der Waals surface area contributed by atoms with Gasteiger partial charge in [0.15, 0.2) is 0 Å². The van der Waals surface area contributed by atoms with Crippen LogP contribution in [0.25, 0.3) is 0 Å². The molecular formula is C16H24ClNO2. The molecule has 2 atom stereocenters. The smallest absolute Gasteiger partial charge is 0.223 e. The summed E-state index contributed by atoms with van der Waals surface area (Å²) in [5, 5.41) is 12.8. The van der Waals surface area contributed by atoms with Gasteiger partial charge in [-0.2, -0.15) is 0 Å². The summed E-state index contributed by atoms with van der Waals surface area (Å²) in [4.78, 5) is 12.2. The third-order valence-corrected chi connectivity index (χ3v) is 3.73. The van der Waals surface area contributed by atoms with E-state index in [0.29, 0.717) is 23.8 Å². The second kappa shape index (κ2) is 8.28. The summed E-state index contributed by atoms with van der Waals surface area (Å²) in [7, 11) is 0. The van der Waals surface area contributed by atoms with Crippen LogP contribution in [-0.4, -0.2) is 23.7 Å². The van der Waals surface area contributed by atoms with E-state index in [2.05, 4.69) is 5.32 Å². The summed E-state index contributed by atoms with van der Waals surface area (Å²) in [6, 6.07) is 7.59. The van der Waals surface area contributed by atoms with Crippen molar-refractivity contribution in [3.63, 3.8) is 0 Å². The molecule has 0 bridgehead atoms. The highest BCUT2D eigenvalue weighted by Crippen LogP contribution is 2.14. The van der Waals surface area contributed by atoms with E-state index >= 15 is 0 Å². The third-order valence-electron chi connectivity index (χ3n) is 3.48. The normalized spacial score (nSPS) is 14.1. The topological polar surface area (TPSA) is 49.3 Å². The lowest BCUT2D eigenvalue weighted by Crippen LogP contribution is -2.42. The summed E-state index contributed by atoms with van der Waals surface area (Å²) in [6.45, 7) is 6.10. The Hall–Kier alpha value is -1.06. The molecule has 0 fully saturated rings. The van der Waals surface area contributed by atoms with Crippen LogP contribution in [0.15, 0.2) is 24.3 Å². The summed E-state index contributed by atoms with van der Waals surface area (Å²) in [5.74, 6) is 0.247. The predicted octanol–water partition coefficient (Wildman–Crippen LogP) is 3.04. The number of benzene rings is 1. The highest BCUT2D eigenvalue weighted by molar-refractivity contribution is 6.30. The van der Waals surface area contributed by atoms with Crippen molar-refractivity contribution in [2.24, 2.45) is 11.8 Å². The van der Waals surface area contributed by atoms with Crippen molar-refractivity contribution in [1.29, 1.82) is 0 Å². The van der Waals surface area contributed by atoms with E-state index < -0.39 is 0 Å². The molecule has 2 N–H and O–H groups in total. The molecule has 0 heterocycles. The Morgan fingerprint density at radius 1 is 1.25 bits per heavy atom.